The monoisotopic (exact) mass is 249 g/mol. The molecule has 0 radical (unpaired) electrons. The van der Waals surface area contributed by atoms with Gasteiger partial charge in [-0.25, -0.2) is 4.79 Å². The summed E-state index contributed by atoms with van der Waals surface area (Å²) in [7, 11) is 0. The summed E-state index contributed by atoms with van der Waals surface area (Å²) in [6.07, 6.45) is 2.11. The lowest BCUT2D eigenvalue weighted by Crippen LogP contribution is -2.45. The molecular formula is C13H19N3O2. The first kappa shape index (κ1) is 12.8. The van der Waals surface area contributed by atoms with Crippen LogP contribution in [0.3, 0.4) is 0 Å². The van der Waals surface area contributed by atoms with E-state index in [1.54, 1.807) is 11.1 Å². The minimum absolute atomic E-state index is 0.0871. The second-order valence-corrected chi connectivity index (χ2v) is 5.66. The average Bonchev–Trinajstić information content (AvgIpc) is 2.25. The van der Waals surface area contributed by atoms with E-state index in [1.165, 1.54) is 0 Å². The van der Waals surface area contributed by atoms with Crippen LogP contribution in [0.25, 0.3) is 0 Å². The van der Waals surface area contributed by atoms with Crippen LogP contribution in [0.1, 0.15) is 39.0 Å². The van der Waals surface area contributed by atoms with Crippen molar-refractivity contribution >= 4 is 6.09 Å². The van der Waals surface area contributed by atoms with Crippen LogP contribution in [-0.4, -0.2) is 32.8 Å². The van der Waals surface area contributed by atoms with Gasteiger partial charge < -0.3 is 9.64 Å². The van der Waals surface area contributed by atoms with Crippen LogP contribution >= 0.6 is 0 Å². The van der Waals surface area contributed by atoms with Gasteiger partial charge in [0, 0.05) is 18.7 Å². The average molecular weight is 249 g/mol. The molecule has 1 amide bonds. The van der Waals surface area contributed by atoms with Crippen molar-refractivity contribution in [1.29, 1.82) is 0 Å². The number of nitrogens with zero attached hydrogens (tertiary/aromatic N) is 3. The predicted molar refractivity (Wildman–Crippen MR) is 67.0 cm³/mol. The summed E-state index contributed by atoms with van der Waals surface area (Å²) in [5.41, 5.74) is 1.56. The van der Waals surface area contributed by atoms with Crippen LogP contribution in [0.5, 0.6) is 0 Å². The first-order valence-corrected chi connectivity index (χ1v) is 6.16. The molecule has 0 N–H and O–H groups in total. The summed E-state index contributed by atoms with van der Waals surface area (Å²) in [4.78, 5) is 13.8. The van der Waals surface area contributed by atoms with Crippen molar-refractivity contribution in [3.8, 4) is 0 Å². The molecule has 1 atom stereocenters. The number of carbonyl (C=O) groups excluding carboxylic acids is 1. The van der Waals surface area contributed by atoms with Crippen molar-refractivity contribution < 1.29 is 9.53 Å². The molecule has 0 aliphatic carbocycles. The largest absolute Gasteiger partial charge is 0.444 e. The smallest absolute Gasteiger partial charge is 0.410 e. The predicted octanol–water partition coefficient (Wildman–Crippen LogP) is 2.16. The van der Waals surface area contributed by atoms with Crippen LogP contribution < -0.4 is 0 Å². The third kappa shape index (κ3) is 2.78. The van der Waals surface area contributed by atoms with Crippen LogP contribution in [0.15, 0.2) is 12.3 Å². The van der Waals surface area contributed by atoms with Gasteiger partial charge in [-0.2, -0.15) is 10.2 Å². The molecule has 1 aliphatic heterocycles. The Morgan fingerprint density at radius 1 is 1.50 bits per heavy atom. The SMILES string of the molecule is C[C@@H]1Cc2nnccc2CN1C(=O)OC(C)(C)C. The molecule has 0 unspecified atom stereocenters. The van der Waals surface area contributed by atoms with Crippen molar-refractivity contribution in [1.82, 2.24) is 15.1 Å². The molecule has 1 aromatic heterocycles. The molecular weight excluding hydrogens is 230 g/mol. The molecule has 5 nitrogen and oxygen atoms in total. The topological polar surface area (TPSA) is 55.3 Å². The fourth-order valence-electron chi connectivity index (χ4n) is 2.00. The molecule has 5 heteroatoms. The number of hydrogen-bond acceptors (Lipinski definition) is 4. The van der Waals surface area contributed by atoms with Gasteiger partial charge in [-0.3, -0.25) is 0 Å². The first-order chi connectivity index (χ1) is 8.37. The minimum Gasteiger partial charge on any atom is -0.444 e. The van der Waals surface area contributed by atoms with Gasteiger partial charge in [-0.15, -0.1) is 0 Å². The molecule has 0 spiro atoms. The fraction of sp³-hybridized carbons (Fsp3) is 0.615. The summed E-state index contributed by atoms with van der Waals surface area (Å²) >= 11 is 0. The third-order valence-electron chi connectivity index (χ3n) is 2.88. The Labute approximate surface area is 107 Å². The van der Waals surface area contributed by atoms with E-state index in [1.807, 2.05) is 33.8 Å². The number of rotatable bonds is 0. The number of carbonyl (C=O) groups is 1. The lowest BCUT2D eigenvalue weighted by atomic mass is 10.0. The number of aromatic nitrogens is 2. The highest BCUT2D eigenvalue weighted by atomic mass is 16.6. The lowest BCUT2D eigenvalue weighted by Gasteiger charge is -2.35. The molecule has 1 aliphatic rings. The summed E-state index contributed by atoms with van der Waals surface area (Å²) in [6, 6.07) is 2.00. The Morgan fingerprint density at radius 3 is 2.89 bits per heavy atom. The van der Waals surface area contributed by atoms with Gasteiger partial charge in [-0.05, 0) is 39.3 Å². The molecule has 0 saturated heterocycles. The van der Waals surface area contributed by atoms with Gasteiger partial charge in [0.2, 0.25) is 0 Å². The van der Waals surface area contributed by atoms with Gasteiger partial charge in [0.05, 0.1) is 12.2 Å². The summed E-state index contributed by atoms with van der Waals surface area (Å²) in [5.74, 6) is 0. The second kappa shape index (κ2) is 4.55. The lowest BCUT2D eigenvalue weighted by molar-refractivity contribution is 0.0136. The Morgan fingerprint density at radius 2 is 2.22 bits per heavy atom. The molecule has 98 valence electrons. The maximum absolute atomic E-state index is 12.1. The standard InChI is InChI=1S/C13H19N3O2/c1-9-7-11-10(5-6-14-15-11)8-16(9)12(17)18-13(2,3)4/h5-6,9H,7-8H2,1-4H3/t9-/m1/s1. The first-order valence-electron chi connectivity index (χ1n) is 6.16. The molecule has 1 aromatic rings. The summed E-state index contributed by atoms with van der Waals surface area (Å²) in [5, 5.41) is 7.99. The van der Waals surface area contributed by atoms with E-state index >= 15 is 0 Å². The van der Waals surface area contributed by atoms with E-state index in [0.29, 0.717) is 6.54 Å². The van der Waals surface area contributed by atoms with E-state index in [4.69, 9.17) is 4.74 Å². The molecule has 2 rings (SSSR count). The zero-order chi connectivity index (χ0) is 13.3. The molecule has 0 fully saturated rings. The molecule has 0 aromatic carbocycles. The van der Waals surface area contributed by atoms with Gasteiger partial charge in [0.25, 0.3) is 0 Å². The van der Waals surface area contributed by atoms with Crippen LogP contribution in [0, 0.1) is 0 Å². The highest BCUT2D eigenvalue weighted by molar-refractivity contribution is 5.69. The second-order valence-electron chi connectivity index (χ2n) is 5.66. The maximum atomic E-state index is 12.1. The Hall–Kier alpha value is -1.65. The van der Waals surface area contributed by atoms with E-state index in [0.717, 1.165) is 17.7 Å². The van der Waals surface area contributed by atoms with E-state index in [9.17, 15) is 4.79 Å². The highest BCUT2D eigenvalue weighted by Gasteiger charge is 2.30. The Balaban J connectivity index is 2.14. The van der Waals surface area contributed by atoms with E-state index in [-0.39, 0.29) is 12.1 Å². The van der Waals surface area contributed by atoms with Crippen molar-refractivity contribution in [2.24, 2.45) is 0 Å². The number of amides is 1. The van der Waals surface area contributed by atoms with Crippen LogP contribution in [0.4, 0.5) is 4.79 Å². The molecule has 18 heavy (non-hydrogen) atoms. The van der Waals surface area contributed by atoms with Crippen molar-refractivity contribution in [2.75, 3.05) is 0 Å². The number of hydrogen-bond donors (Lipinski definition) is 0. The van der Waals surface area contributed by atoms with Crippen molar-refractivity contribution in [2.45, 2.75) is 52.3 Å². The number of fused-ring (bicyclic) bond motifs is 1. The maximum Gasteiger partial charge on any atom is 0.410 e. The fourth-order valence-corrected chi connectivity index (χ4v) is 2.00. The van der Waals surface area contributed by atoms with Crippen LogP contribution in [0.2, 0.25) is 0 Å². The summed E-state index contributed by atoms with van der Waals surface area (Å²) in [6.45, 7) is 8.17. The van der Waals surface area contributed by atoms with Gasteiger partial charge in [-0.1, -0.05) is 0 Å². The van der Waals surface area contributed by atoms with Gasteiger partial charge in [0.1, 0.15) is 5.60 Å². The molecule has 0 bridgehead atoms. The van der Waals surface area contributed by atoms with Gasteiger partial charge >= 0.3 is 6.09 Å². The van der Waals surface area contributed by atoms with E-state index in [2.05, 4.69) is 10.2 Å². The number of ether oxygens (including phenoxy) is 1. The summed E-state index contributed by atoms with van der Waals surface area (Å²) < 4.78 is 5.41. The van der Waals surface area contributed by atoms with Crippen molar-refractivity contribution in [3.63, 3.8) is 0 Å². The Bertz CT molecular complexity index is 454. The highest BCUT2D eigenvalue weighted by Crippen LogP contribution is 2.22. The quantitative estimate of drug-likeness (QED) is 0.707. The molecule has 2 heterocycles. The van der Waals surface area contributed by atoms with Crippen molar-refractivity contribution in [3.05, 3.63) is 23.5 Å². The zero-order valence-corrected chi connectivity index (χ0v) is 11.3. The normalized spacial score (nSPS) is 19.3. The third-order valence-corrected chi connectivity index (χ3v) is 2.88. The zero-order valence-electron chi connectivity index (χ0n) is 11.3. The minimum atomic E-state index is -0.465. The van der Waals surface area contributed by atoms with E-state index < -0.39 is 5.60 Å². The Kier molecular flexibility index (Phi) is 3.24. The van der Waals surface area contributed by atoms with Gasteiger partial charge in [0.15, 0.2) is 0 Å². The molecule has 0 saturated carbocycles. The van der Waals surface area contributed by atoms with Crippen LogP contribution in [-0.2, 0) is 17.7 Å².